The average molecular weight is 719 g/mol. The quantitative estimate of drug-likeness (QED) is 0.241. The topological polar surface area (TPSA) is 24.7 Å². The highest BCUT2D eigenvalue weighted by molar-refractivity contribution is 9.24. The van der Waals surface area contributed by atoms with Crippen LogP contribution in [0.1, 0.15) is 29.7 Å². The molecule has 0 amide bonds. The molecule has 0 unspecified atom stereocenters. The molecule has 0 bridgehead atoms. The summed E-state index contributed by atoms with van der Waals surface area (Å²) in [4.78, 5) is 10.0. The predicted molar refractivity (Wildman–Crippen MR) is 146 cm³/mol. The van der Waals surface area contributed by atoms with Gasteiger partial charge >= 0.3 is 0 Å². The molecule has 0 radical (unpaired) electrons. The molecule has 0 N–H and O–H groups in total. The number of benzene rings is 3. The van der Waals surface area contributed by atoms with E-state index >= 15 is 0 Å². The van der Waals surface area contributed by atoms with Crippen LogP contribution in [0.15, 0.2) is 82.8 Å². The fourth-order valence-electron chi connectivity index (χ4n) is 3.31. The third-order valence-electron chi connectivity index (χ3n) is 4.75. The van der Waals surface area contributed by atoms with E-state index in [2.05, 4.69) is 116 Å². The number of nitrogens with zero attached hydrogens (tertiary/aromatic N) is 2. The van der Waals surface area contributed by atoms with Gasteiger partial charge in [-0.1, -0.05) is 140 Å². The third kappa shape index (κ3) is 4.75. The number of alkyl halides is 5. The molecule has 7 heteroatoms. The Labute approximate surface area is 217 Å². The molecule has 4 rings (SSSR count). The lowest BCUT2D eigenvalue weighted by molar-refractivity contribution is 1.27. The first kappa shape index (κ1) is 22.6. The van der Waals surface area contributed by atoms with Gasteiger partial charge in [0.15, 0.2) is 0 Å². The maximum Gasteiger partial charge on any atom is 0.100 e. The molecule has 0 aromatic heterocycles. The SMILES string of the molecule is BrC1C(c2ccccc2)=Nc2cc(C(Br)Br)c(C(Br)Br)cc2N=C1c1ccccc1. The minimum absolute atomic E-state index is 0.00105. The molecule has 0 saturated heterocycles. The van der Waals surface area contributed by atoms with Crippen molar-refractivity contribution in [1.82, 2.24) is 0 Å². The van der Waals surface area contributed by atoms with E-state index in [9.17, 15) is 0 Å². The molecule has 30 heavy (non-hydrogen) atoms. The van der Waals surface area contributed by atoms with Crippen molar-refractivity contribution in [2.45, 2.75) is 12.3 Å². The van der Waals surface area contributed by atoms with E-state index in [1.54, 1.807) is 0 Å². The van der Waals surface area contributed by atoms with Crippen molar-refractivity contribution in [2.24, 2.45) is 9.98 Å². The first-order valence-corrected chi connectivity index (χ1v) is 13.7. The van der Waals surface area contributed by atoms with Crippen molar-refractivity contribution in [3.63, 3.8) is 0 Å². The van der Waals surface area contributed by atoms with Crippen LogP contribution in [-0.2, 0) is 0 Å². The van der Waals surface area contributed by atoms with Gasteiger partial charge in [0.2, 0.25) is 0 Å². The van der Waals surface area contributed by atoms with Gasteiger partial charge in [-0.25, -0.2) is 9.98 Å². The van der Waals surface area contributed by atoms with E-state index in [1.807, 2.05) is 36.4 Å². The van der Waals surface area contributed by atoms with Crippen LogP contribution in [0.2, 0.25) is 0 Å². The smallest absolute Gasteiger partial charge is 0.100 e. The number of hydrogen-bond donors (Lipinski definition) is 0. The van der Waals surface area contributed by atoms with Crippen LogP contribution in [0.3, 0.4) is 0 Å². The number of aliphatic imine (C=N–C) groups is 2. The normalized spacial score (nSPS) is 14.4. The fraction of sp³-hybridized carbons (Fsp3) is 0.130. The Morgan fingerprint density at radius 2 is 0.967 bits per heavy atom. The van der Waals surface area contributed by atoms with Gasteiger partial charge < -0.3 is 0 Å². The van der Waals surface area contributed by atoms with Crippen LogP contribution in [0.5, 0.6) is 0 Å². The second kappa shape index (κ2) is 9.90. The molecular weight excluding hydrogens is 704 g/mol. The number of halogens is 5. The Kier molecular flexibility index (Phi) is 7.46. The molecule has 152 valence electrons. The lowest BCUT2D eigenvalue weighted by Gasteiger charge is -2.15. The summed E-state index contributed by atoms with van der Waals surface area (Å²) in [6.45, 7) is 0. The standard InChI is InChI=1S/C23H15Br5N2/c24-19-20(13-7-3-1-4-8-13)29-17-11-15(22(25)26)16(23(27)28)12-18(17)30-21(19)14-9-5-2-6-10-14/h1-12,19,22-23H. The zero-order chi connectivity index (χ0) is 21.3. The number of rotatable bonds is 4. The average Bonchev–Trinajstić information content (AvgIpc) is 2.90. The molecule has 0 spiro atoms. The van der Waals surface area contributed by atoms with E-state index in [-0.39, 0.29) is 12.3 Å². The Morgan fingerprint density at radius 3 is 1.30 bits per heavy atom. The zero-order valence-electron chi connectivity index (χ0n) is 15.4. The van der Waals surface area contributed by atoms with Gasteiger partial charge in [0, 0.05) is 0 Å². The minimum atomic E-state index is -0.144. The molecule has 0 saturated carbocycles. The van der Waals surface area contributed by atoms with Gasteiger partial charge in [-0.15, -0.1) is 0 Å². The molecule has 1 heterocycles. The van der Waals surface area contributed by atoms with Crippen molar-refractivity contribution in [3.05, 3.63) is 95.1 Å². The van der Waals surface area contributed by atoms with E-state index < -0.39 is 0 Å². The second-order valence-corrected chi connectivity index (χ2v) is 13.7. The summed E-state index contributed by atoms with van der Waals surface area (Å²) in [6, 6.07) is 24.7. The fourth-order valence-corrected chi connectivity index (χ4v) is 5.63. The highest BCUT2D eigenvalue weighted by Gasteiger charge is 2.27. The first-order valence-electron chi connectivity index (χ1n) is 9.12. The summed E-state index contributed by atoms with van der Waals surface area (Å²) in [5, 5.41) is 0. The summed E-state index contributed by atoms with van der Waals surface area (Å²) < 4.78 is -0.00209. The Bertz CT molecular complexity index is 1020. The molecular formula is C23H15Br5N2. The molecule has 0 fully saturated rings. The van der Waals surface area contributed by atoms with Crippen molar-refractivity contribution >= 4 is 102 Å². The van der Waals surface area contributed by atoms with Gasteiger partial charge in [-0.2, -0.15) is 0 Å². The molecule has 3 aromatic carbocycles. The highest BCUT2D eigenvalue weighted by atomic mass is 79.9. The summed E-state index contributed by atoms with van der Waals surface area (Å²) in [5.74, 6) is 0. The zero-order valence-corrected chi connectivity index (χ0v) is 23.4. The van der Waals surface area contributed by atoms with Gasteiger partial charge in [-0.05, 0) is 34.4 Å². The van der Waals surface area contributed by atoms with Crippen LogP contribution in [-0.4, -0.2) is 16.3 Å². The maximum atomic E-state index is 5.09. The maximum absolute atomic E-state index is 5.09. The van der Waals surface area contributed by atoms with Crippen LogP contribution in [0.4, 0.5) is 11.4 Å². The summed E-state index contributed by atoms with van der Waals surface area (Å²) in [6.07, 6.45) is 0. The van der Waals surface area contributed by atoms with Gasteiger partial charge in [0.05, 0.1) is 30.3 Å². The van der Waals surface area contributed by atoms with Crippen molar-refractivity contribution in [3.8, 4) is 0 Å². The lowest BCUT2D eigenvalue weighted by Crippen LogP contribution is -2.25. The van der Waals surface area contributed by atoms with E-state index in [1.165, 1.54) is 0 Å². The van der Waals surface area contributed by atoms with E-state index in [4.69, 9.17) is 9.98 Å². The van der Waals surface area contributed by atoms with Crippen molar-refractivity contribution in [1.29, 1.82) is 0 Å². The van der Waals surface area contributed by atoms with Crippen LogP contribution < -0.4 is 0 Å². The molecule has 0 aliphatic carbocycles. The molecule has 3 aromatic rings. The van der Waals surface area contributed by atoms with Crippen molar-refractivity contribution in [2.75, 3.05) is 0 Å². The number of fused-ring (bicyclic) bond motifs is 1. The molecule has 1 aliphatic rings. The molecule has 1 aliphatic heterocycles. The summed E-state index contributed by atoms with van der Waals surface area (Å²) in [5.41, 5.74) is 7.86. The Hall–Kier alpha value is -0.600. The number of hydrogen-bond acceptors (Lipinski definition) is 2. The summed E-state index contributed by atoms with van der Waals surface area (Å²) in [7, 11) is 0. The molecule has 0 atom stereocenters. The monoisotopic (exact) mass is 714 g/mol. The third-order valence-corrected chi connectivity index (χ3v) is 7.59. The van der Waals surface area contributed by atoms with E-state index in [0.717, 1.165) is 45.1 Å². The van der Waals surface area contributed by atoms with Crippen LogP contribution in [0, 0.1) is 0 Å². The Morgan fingerprint density at radius 1 is 0.600 bits per heavy atom. The second-order valence-electron chi connectivity index (χ2n) is 6.66. The van der Waals surface area contributed by atoms with Crippen molar-refractivity contribution < 1.29 is 0 Å². The first-order chi connectivity index (χ1) is 14.5. The Balaban J connectivity index is 2.00. The lowest BCUT2D eigenvalue weighted by atomic mass is 10.00. The van der Waals surface area contributed by atoms with Gasteiger partial charge in [0.1, 0.15) is 4.83 Å². The van der Waals surface area contributed by atoms with E-state index in [0.29, 0.717) is 0 Å². The van der Waals surface area contributed by atoms with Gasteiger partial charge in [-0.3, -0.25) is 0 Å². The highest BCUT2D eigenvalue weighted by Crippen LogP contribution is 2.46. The van der Waals surface area contributed by atoms with Crippen LogP contribution in [0.25, 0.3) is 0 Å². The molecule has 2 nitrogen and oxygen atoms in total. The largest absolute Gasteiger partial charge is 0.249 e. The van der Waals surface area contributed by atoms with Crippen LogP contribution >= 0.6 is 79.6 Å². The predicted octanol–water partition coefficient (Wildman–Crippen LogP) is 9.28. The summed E-state index contributed by atoms with van der Waals surface area (Å²) >= 11 is 18.5. The van der Waals surface area contributed by atoms with Gasteiger partial charge in [0.25, 0.3) is 0 Å². The minimum Gasteiger partial charge on any atom is -0.249 e.